The number of hydrogen-bond acceptors (Lipinski definition) is 1. The lowest BCUT2D eigenvalue weighted by Crippen LogP contribution is -2.38. The first-order valence-electron chi connectivity index (χ1n) is 7.09. The van der Waals surface area contributed by atoms with E-state index in [0.29, 0.717) is 0 Å². The van der Waals surface area contributed by atoms with Crippen LogP contribution in [0.25, 0.3) is 0 Å². The molecule has 1 aromatic carbocycles. The molecule has 1 aliphatic rings. The fourth-order valence-electron chi connectivity index (χ4n) is 2.23. The monoisotopic (exact) mass is 419 g/mol. The van der Waals surface area contributed by atoms with Gasteiger partial charge in [0.25, 0.3) is 0 Å². The molecule has 0 heterocycles. The van der Waals surface area contributed by atoms with Crippen LogP contribution in [0, 0.1) is 0 Å². The molecule has 1 fully saturated rings. The molecule has 1 aromatic rings. The first-order valence-corrected chi connectivity index (χ1v) is 7.47. The second kappa shape index (κ2) is 8.63. The summed E-state index contributed by atoms with van der Waals surface area (Å²) in [4.78, 5) is 4.70. The Labute approximate surface area is 149 Å². The molecule has 5 heteroatoms. The lowest BCUT2D eigenvalue weighted by atomic mass is 9.96. The highest BCUT2D eigenvalue weighted by molar-refractivity contribution is 14.0. The standard InChI is InChI=1S/C16H22ClN3.HI/c1-3-11-19-15(18-4-2)20-12-16(9-10-16)13-5-7-14(17)8-6-13;/h3,5-8H,1,4,9-12H2,2H3,(H2,18,19,20);1H. The summed E-state index contributed by atoms with van der Waals surface area (Å²) >= 11 is 5.95. The van der Waals surface area contributed by atoms with Gasteiger partial charge in [0.15, 0.2) is 5.96 Å². The minimum absolute atomic E-state index is 0. The lowest BCUT2D eigenvalue weighted by Gasteiger charge is -2.15. The number of hydrogen-bond donors (Lipinski definition) is 2. The van der Waals surface area contributed by atoms with E-state index in [4.69, 9.17) is 16.6 Å². The van der Waals surface area contributed by atoms with Gasteiger partial charge < -0.3 is 10.6 Å². The van der Waals surface area contributed by atoms with E-state index in [0.717, 1.165) is 30.6 Å². The van der Waals surface area contributed by atoms with Crippen molar-refractivity contribution < 1.29 is 0 Å². The molecule has 1 saturated carbocycles. The number of rotatable bonds is 6. The highest BCUT2D eigenvalue weighted by Crippen LogP contribution is 2.48. The van der Waals surface area contributed by atoms with Crippen molar-refractivity contribution in [1.29, 1.82) is 0 Å². The van der Waals surface area contributed by atoms with Gasteiger partial charge in [0, 0.05) is 23.5 Å². The van der Waals surface area contributed by atoms with E-state index in [-0.39, 0.29) is 29.4 Å². The van der Waals surface area contributed by atoms with Crippen LogP contribution in [0.2, 0.25) is 5.02 Å². The van der Waals surface area contributed by atoms with Crippen LogP contribution in [0.1, 0.15) is 25.3 Å². The zero-order valence-electron chi connectivity index (χ0n) is 12.4. The second-order valence-electron chi connectivity index (χ2n) is 5.15. The van der Waals surface area contributed by atoms with Crippen LogP contribution in [-0.4, -0.2) is 25.6 Å². The Balaban J connectivity index is 0.00000220. The van der Waals surface area contributed by atoms with Gasteiger partial charge in [-0.3, -0.25) is 4.99 Å². The number of halogens is 2. The topological polar surface area (TPSA) is 36.4 Å². The largest absolute Gasteiger partial charge is 0.357 e. The Morgan fingerprint density at radius 3 is 2.52 bits per heavy atom. The molecule has 2 rings (SSSR count). The molecule has 0 atom stereocenters. The van der Waals surface area contributed by atoms with Crippen LogP contribution in [0.3, 0.4) is 0 Å². The molecule has 116 valence electrons. The summed E-state index contributed by atoms with van der Waals surface area (Å²) in [6.45, 7) is 8.17. The van der Waals surface area contributed by atoms with Crippen LogP contribution in [0.5, 0.6) is 0 Å². The average molecular weight is 420 g/mol. The quantitative estimate of drug-likeness (QED) is 0.319. The fraction of sp³-hybridized carbons (Fsp3) is 0.438. The van der Waals surface area contributed by atoms with E-state index in [1.54, 1.807) is 0 Å². The van der Waals surface area contributed by atoms with E-state index >= 15 is 0 Å². The molecule has 0 bridgehead atoms. The van der Waals surface area contributed by atoms with Crippen molar-refractivity contribution in [2.24, 2.45) is 4.99 Å². The van der Waals surface area contributed by atoms with Crippen molar-refractivity contribution >= 4 is 41.5 Å². The third-order valence-corrected chi connectivity index (χ3v) is 3.86. The SMILES string of the molecule is C=CCNC(=NCC1(c2ccc(Cl)cc2)CC1)NCC.I. The highest BCUT2D eigenvalue weighted by atomic mass is 127. The summed E-state index contributed by atoms with van der Waals surface area (Å²) in [6.07, 6.45) is 4.22. The van der Waals surface area contributed by atoms with Crippen molar-refractivity contribution in [1.82, 2.24) is 10.6 Å². The van der Waals surface area contributed by atoms with Gasteiger partial charge in [-0.2, -0.15) is 0 Å². The van der Waals surface area contributed by atoms with E-state index in [2.05, 4.69) is 36.3 Å². The van der Waals surface area contributed by atoms with Gasteiger partial charge in [-0.1, -0.05) is 29.8 Å². The van der Waals surface area contributed by atoms with Crippen molar-refractivity contribution in [3.05, 3.63) is 47.5 Å². The Morgan fingerprint density at radius 2 is 2.00 bits per heavy atom. The summed E-state index contributed by atoms with van der Waals surface area (Å²) in [5.74, 6) is 0.854. The van der Waals surface area contributed by atoms with Crippen molar-refractivity contribution in [3.63, 3.8) is 0 Å². The summed E-state index contributed by atoms with van der Waals surface area (Å²) in [5.41, 5.74) is 1.55. The van der Waals surface area contributed by atoms with Gasteiger partial charge >= 0.3 is 0 Å². The molecule has 0 aliphatic heterocycles. The smallest absolute Gasteiger partial charge is 0.191 e. The Hall–Kier alpha value is -0.750. The Kier molecular flexibility index (Phi) is 7.52. The maximum absolute atomic E-state index is 5.95. The van der Waals surface area contributed by atoms with Gasteiger partial charge in [-0.25, -0.2) is 0 Å². The van der Waals surface area contributed by atoms with Crippen LogP contribution in [0.4, 0.5) is 0 Å². The normalized spacial score (nSPS) is 15.8. The maximum Gasteiger partial charge on any atom is 0.191 e. The van der Waals surface area contributed by atoms with Crippen LogP contribution >= 0.6 is 35.6 Å². The predicted octanol–water partition coefficient (Wildman–Crippen LogP) is 3.73. The van der Waals surface area contributed by atoms with Gasteiger partial charge in [0.05, 0.1) is 6.54 Å². The first kappa shape index (κ1) is 18.3. The van der Waals surface area contributed by atoms with E-state index in [9.17, 15) is 0 Å². The van der Waals surface area contributed by atoms with Gasteiger partial charge in [0.1, 0.15) is 0 Å². The molecule has 0 saturated heterocycles. The average Bonchev–Trinajstić information content (AvgIpc) is 3.24. The zero-order chi connectivity index (χ0) is 14.4. The summed E-state index contributed by atoms with van der Waals surface area (Å²) in [6, 6.07) is 8.16. The lowest BCUT2D eigenvalue weighted by molar-refractivity contribution is 0.696. The molecule has 0 aromatic heterocycles. The maximum atomic E-state index is 5.95. The highest BCUT2D eigenvalue weighted by Gasteiger charge is 2.44. The van der Waals surface area contributed by atoms with Gasteiger partial charge in [-0.05, 0) is 37.5 Å². The van der Waals surface area contributed by atoms with E-state index < -0.39 is 0 Å². The molecule has 1 aliphatic carbocycles. The van der Waals surface area contributed by atoms with E-state index in [1.165, 1.54) is 18.4 Å². The Morgan fingerprint density at radius 1 is 1.33 bits per heavy atom. The van der Waals surface area contributed by atoms with Gasteiger partial charge in [0.2, 0.25) is 0 Å². The van der Waals surface area contributed by atoms with Crippen molar-refractivity contribution in [3.8, 4) is 0 Å². The number of nitrogens with zero attached hydrogens (tertiary/aromatic N) is 1. The molecule has 0 amide bonds. The Bertz CT molecular complexity index is 481. The molecule has 0 spiro atoms. The number of guanidine groups is 1. The molecule has 3 nitrogen and oxygen atoms in total. The third-order valence-electron chi connectivity index (χ3n) is 3.61. The number of aliphatic imine (C=N–C) groups is 1. The second-order valence-corrected chi connectivity index (χ2v) is 5.59. The minimum Gasteiger partial charge on any atom is -0.357 e. The third kappa shape index (κ3) is 5.18. The first-order chi connectivity index (χ1) is 9.70. The minimum atomic E-state index is 0. The number of nitrogens with one attached hydrogen (secondary N) is 2. The molecule has 0 radical (unpaired) electrons. The van der Waals surface area contributed by atoms with Crippen LogP contribution in [0.15, 0.2) is 41.9 Å². The summed E-state index contributed by atoms with van der Waals surface area (Å²) in [5, 5.41) is 7.27. The molecule has 2 N–H and O–H groups in total. The summed E-state index contributed by atoms with van der Waals surface area (Å²) in [7, 11) is 0. The molecular formula is C16H23ClIN3. The summed E-state index contributed by atoms with van der Waals surface area (Å²) < 4.78 is 0. The van der Waals surface area contributed by atoms with Crippen molar-refractivity contribution in [2.45, 2.75) is 25.2 Å². The fourth-order valence-corrected chi connectivity index (χ4v) is 2.36. The van der Waals surface area contributed by atoms with Crippen LogP contribution < -0.4 is 10.6 Å². The zero-order valence-corrected chi connectivity index (χ0v) is 15.4. The van der Waals surface area contributed by atoms with Gasteiger partial charge in [-0.15, -0.1) is 30.6 Å². The molecule has 0 unspecified atom stereocenters. The molecule has 21 heavy (non-hydrogen) atoms. The number of benzene rings is 1. The molecular weight excluding hydrogens is 397 g/mol. The van der Waals surface area contributed by atoms with Crippen molar-refractivity contribution in [2.75, 3.05) is 19.6 Å². The predicted molar refractivity (Wildman–Crippen MR) is 102 cm³/mol. The van der Waals surface area contributed by atoms with E-state index in [1.807, 2.05) is 18.2 Å². The van der Waals surface area contributed by atoms with Crippen LogP contribution in [-0.2, 0) is 5.41 Å².